The van der Waals surface area contributed by atoms with Gasteiger partial charge in [0, 0.05) is 25.8 Å². The van der Waals surface area contributed by atoms with Gasteiger partial charge in [0.2, 0.25) is 5.82 Å². The number of amides is 1. The van der Waals surface area contributed by atoms with Crippen LogP contribution in [0, 0.1) is 0 Å². The van der Waals surface area contributed by atoms with E-state index >= 15 is 0 Å². The molecular weight excluding hydrogens is 308 g/mol. The van der Waals surface area contributed by atoms with Crippen molar-refractivity contribution in [2.75, 3.05) is 20.2 Å². The van der Waals surface area contributed by atoms with Crippen LogP contribution in [-0.2, 0) is 4.74 Å². The number of benzene rings is 1. The van der Waals surface area contributed by atoms with Crippen LogP contribution in [0.25, 0.3) is 11.4 Å². The molecule has 3 rings (SSSR count). The zero-order chi connectivity index (χ0) is 14.7. The van der Waals surface area contributed by atoms with Crippen molar-refractivity contribution in [1.29, 1.82) is 0 Å². The Bertz CT molecular complexity index is 621. The normalized spacial score (nSPS) is 20.4. The van der Waals surface area contributed by atoms with Crippen molar-refractivity contribution >= 4 is 18.3 Å². The molecule has 22 heavy (non-hydrogen) atoms. The van der Waals surface area contributed by atoms with Crippen LogP contribution in [0.2, 0.25) is 0 Å². The number of carbonyl (C=O) groups is 1. The molecule has 0 unspecified atom stereocenters. The molecule has 118 valence electrons. The summed E-state index contributed by atoms with van der Waals surface area (Å²) in [7, 11) is 1.64. The Morgan fingerprint density at radius 1 is 1.36 bits per heavy atom. The molecule has 0 radical (unpaired) electrons. The molecule has 9 heteroatoms. The molecule has 1 aromatic heterocycles. The van der Waals surface area contributed by atoms with Crippen LogP contribution in [-0.4, -0.2) is 58.9 Å². The van der Waals surface area contributed by atoms with Crippen molar-refractivity contribution < 1.29 is 9.53 Å². The second-order valence-corrected chi connectivity index (χ2v) is 4.79. The van der Waals surface area contributed by atoms with E-state index in [-0.39, 0.29) is 30.5 Å². The van der Waals surface area contributed by atoms with Crippen molar-refractivity contribution in [1.82, 2.24) is 31.3 Å². The van der Waals surface area contributed by atoms with Gasteiger partial charge < -0.3 is 15.4 Å². The van der Waals surface area contributed by atoms with Gasteiger partial charge in [-0.25, -0.2) is 0 Å². The molecule has 1 amide bonds. The van der Waals surface area contributed by atoms with Gasteiger partial charge >= 0.3 is 0 Å². The Balaban J connectivity index is 0.00000176. The molecule has 0 saturated carbocycles. The summed E-state index contributed by atoms with van der Waals surface area (Å²) < 4.78 is 5.35. The standard InChI is InChI=1S/C13H16N6O2.ClH/c1-21-11-7-14-6-10(11)15-13(20)9-5-3-2-4-8(9)12-16-18-19-17-12;/h2-5,10-11,14H,6-7H2,1H3,(H,15,20)(H,16,17,18,19);1H/t10-,11-;/m0./s1. The molecule has 1 aliphatic rings. The summed E-state index contributed by atoms with van der Waals surface area (Å²) in [6.45, 7) is 1.42. The lowest BCUT2D eigenvalue weighted by molar-refractivity contribution is 0.0780. The molecular formula is C13H17ClN6O2. The molecule has 1 fully saturated rings. The number of ether oxygens (including phenoxy) is 1. The third-order valence-corrected chi connectivity index (χ3v) is 3.54. The van der Waals surface area contributed by atoms with E-state index in [2.05, 4.69) is 31.3 Å². The Kier molecular flexibility index (Phi) is 5.42. The molecule has 2 atom stereocenters. The van der Waals surface area contributed by atoms with Crippen LogP contribution >= 0.6 is 12.4 Å². The van der Waals surface area contributed by atoms with Gasteiger partial charge in [0.25, 0.3) is 5.91 Å². The number of H-pyrrole nitrogens is 1. The Morgan fingerprint density at radius 2 is 2.18 bits per heavy atom. The number of methoxy groups -OCH3 is 1. The zero-order valence-electron chi connectivity index (χ0n) is 11.9. The van der Waals surface area contributed by atoms with E-state index in [9.17, 15) is 4.79 Å². The first-order chi connectivity index (χ1) is 10.3. The van der Waals surface area contributed by atoms with Crippen LogP contribution in [0.3, 0.4) is 0 Å². The summed E-state index contributed by atoms with van der Waals surface area (Å²) >= 11 is 0. The Hall–Kier alpha value is -2.03. The third kappa shape index (κ3) is 3.24. The smallest absolute Gasteiger partial charge is 0.252 e. The molecule has 1 aromatic carbocycles. The minimum absolute atomic E-state index is 0. The van der Waals surface area contributed by atoms with E-state index in [1.165, 1.54) is 0 Å². The number of halogens is 1. The van der Waals surface area contributed by atoms with Crippen molar-refractivity contribution in [3.63, 3.8) is 0 Å². The summed E-state index contributed by atoms with van der Waals surface area (Å²) in [4.78, 5) is 12.5. The second kappa shape index (κ2) is 7.30. The van der Waals surface area contributed by atoms with E-state index in [4.69, 9.17) is 4.74 Å². The van der Waals surface area contributed by atoms with Crippen molar-refractivity contribution in [2.45, 2.75) is 12.1 Å². The molecule has 2 heterocycles. The molecule has 8 nitrogen and oxygen atoms in total. The Morgan fingerprint density at radius 3 is 2.91 bits per heavy atom. The average Bonchev–Trinajstić information content (AvgIpc) is 3.18. The molecule has 0 spiro atoms. The maximum atomic E-state index is 12.5. The van der Waals surface area contributed by atoms with Crippen molar-refractivity contribution in [3.05, 3.63) is 29.8 Å². The van der Waals surface area contributed by atoms with Crippen LogP contribution < -0.4 is 10.6 Å². The molecule has 1 aliphatic heterocycles. The van der Waals surface area contributed by atoms with E-state index in [0.717, 1.165) is 6.54 Å². The first-order valence-corrected chi connectivity index (χ1v) is 6.67. The second-order valence-electron chi connectivity index (χ2n) is 4.79. The zero-order valence-corrected chi connectivity index (χ0v) is 12.8. The van der Waals surface area contributed by atoms with Gasteiger partial charge in [-0.3, -0.25) is 4.79 Å². The molecule has 0 aliphatic carbocycles. The number of nitrogens with one attached hydrogen (secondary N) is 3. The number of rotatable bonds is 4. The van der Waals surface area contributed by atoms with Crippen molar-refractivity contribution in [2.24, 2.45) is 0 Å². The number of aromatic nitrogens is 4. The van der Waals surface area contributed by atoms with Crippen LogP contribution in [0.5, 0.6) is 0 Å². The van der Waals surface area contributed by atoms with Gasteiger partial charge in [-0.1, -0.05) is 18.2 Å². The third-order valence-electron chi connectivity index (χ3n) is 3.54. The molecule has 2 aromatic rings. The van der Waals surface area contributed by atoms with Gasteiger partial charge in [-0.2, -0.15) is 5.21 Å². The monoisotopic (exact) mass is 324 g/mol. The summed E-state index contributed by atoms with van der Waals surface area (Å²) in [6, 6.07) is 7.11. The largest absolute Gasteiger partial charge is 0.378 e. The number of hydrogen-bond acceptors (Lipinski definition) is 6. The van der Waals surface area contributed by atoms with E-state index in [1.807, 2.05) is 6.07 Å². The number of carbonyl (C=O) groups excluding carboxylic acids is 1. The number of nitrogens with zero attached hydrogens (tertiary/aromatic N) is 3. The van der Waals surface area contributed by atoms with Crippen LogP contribution in [0.1, 0.15) is 10.4 Å². The quantitative estimate of drug-likeness (QED) is 0.731. The molecule has 0 bridgehead atoms. The summed E-state index contributed by atoms with van der Waals surface area (Å²) in [5, 5.41) is 20.0. The van der Waals surface area contributed by atoms with Gasteiger partial charge in [0.1, 0.15) is 0 Å². The van der Waals surface area contributed by atoms with Gasteiger partial charge in [0.05, 0.1) is 17.7 Å². The van der Waals surface area contributed by atoms with Crippen LogP contribution in [0.4, 0.5) is 0 Å². The minimum atomic E-state index is -0.175. The lowest BCUT2D eigenvalue weighted by Crippen LogP contribution is -2.43. The fourth-order valence-electron chi connectivity index (χ4n) is 2.44. The van der Waals surface area contributed by atoms with Crippen molar-refractivity contribution in [3.8, 4) is 11.4 Å². The Labute approximate surface area is 133 Å². The highest BCUT2D eigenvalue weighted by molar-refractivity contribution is 6.00. The summed E-state index contributed by atoms with van der Waals surface area (Å²) in [5.74, 6) is 0.222. The minimum Gasteiger partial charge on any atom is -0.378 e. The predicted molar refractivity (Wildman–Crippen MR) is 81.8 cm³/mol. The molecule has 3 N–H and O–H groups in total. The highest BCUT2D eigenvalue weighted by Crippen LogP contribution is 2.19. The first kappa shape index (κ1) is 16.3. The fraction of sp³-hybridized carbons (Fsp3) is 0.385. The maximum absolute atomic E-state index is 12.5. The van der Waals surface area contributed by atoms with Gasteiger partial charge in [-0.15, -0.1) is 22.6 Å². The lowest BCUT2D eigenvalue weighted by atomic mass is 10.1. The average molecular weight is 325 g/mol. The highest BCUT2D eigenvalue weighted by Gasteiger charge is 2.29. The molecule has 1 saturated heterocycles. The van der Waals surface area contributed by atoms with E-state index in [1.54, 1.807) is 25.3 Å². The fourth-order valence-corrected chi connectivity index (χ4v) is 2.44. The SMILES string of the molecule is CO[C@H]1CNC[C@@H]1NC(=O)c1ccccc1-c1nn[nH]n1.Cl. The topological polar surface area (TPSA) is 105 Å². The number of hydrogen-bond donors (Lipinski definition) is 3. The summed E-state index contributed by atoms with van der Waals surface area (Å²) in [5.41, 5.74) is 1.16. The van der Waals surface area contributed by atoms with Crippen LogP contribution in [0.15, 0.2) is 24.3 Å². The first-order valence-electron chi connectivity index (χ1n) is 6.67. The summed E-state index contributed by atoms with van der Waals surface area (Å²) in [6.07, 6.45) is -0.0220. The van der Waals surface area contributed by atoms with Gasteiger partial charge in [0.15, 0.2) is 0 Å². The highest BCUT2D eigenvalue weighted by atomic mass is 35.5. The maximum Gasteiger partial charge on any atom is 0.252 e. The van der Waals surface area contributed by atoms with E-state index in [0.29, 0.717) is 23.5 Å². The van der Waals surface area contributed by atoms with Gasteiger partial charge in [-0.05, 0) is 11.3 Å². The number of aromatic amines is 1. The van der Waals surface area contributed by atoms with E-state index < -0.39 is 0 Å². The predicted octanol–water partition coefficient (Wildman–Crippen LogP) is 0.00510. The lowest BCUT2D eigenvalue weighted by Gasteiger charge is -2.19. The number of tetrazole rings is 1.